The van der Waals surface area contributed by atoms with E-state index < -0.39 is 6.29 Å². The van der Waals surface area contributed by atoms with E-state index in [1.807, 2.05) is 0 Å². The van der Waals surface area contributed by atoms with Crippen LogP contribution in [0.1, 0.15) is 58.8 Å². The standard InChI is InChI=1S/C11H24O2/c1-3-5-7-10(4-2)8-6-9-11(12)13/h10-13H,3-9H2,1-2H3. The molecule has 0 fully saturated rings. The lowest BCUT2D eigenvalue weighted by Gasteiger charge is -2.14. The van der Waals surface area contributed by atoms with Crippen LogP contribution in [0.3, 0.4) is 0 Å². The molecule has 0 radical (unpaired) electrons. The van der Waals surface area contributed by atoms with Gasteiger partial charge in [0.15, 0.2) is 6.29 Å². The predicted octanol–water partition coefficient (Wildman–Crippen LogP) is 2.68. The molecule has 0 aromatic carbocycles. The van der Waals surface area contributed by atoms with Crippen molar-refractivity contribution in [1.82, 2.24) is 0 Å². The van der Waals surface area contributed by atoms with Gasteiger partial charge >= 0.3 is 0 Å². The Morgan fingerprint density at radius 2 is 1.54 bits per heavy atom. The van der Waals surface area contributed by atoms with Crippen molar-refractivity contribution in [2.45, 2.75) is 65.1 Å². The van der Waals surface area contributed by atoms with Gasteiger partial charge in [0.25, 0.3) is 0 Å². The molecule has 2 heteroatoms. The van der Waals surface area contributed by atoms with Crippen molar-refractivity contribution in [1.29, 1.82) is 0 Å². The van der Waals surface area contributed by atoms with Crippen LogP contribution in [-0.2, 0) is 0 Å². The molecule has 13 heavy (non-hydrogen) atoms. The summed E-state index contributed by atoms with van der Waals surface area (Å²) in [5.41, 5.74) is 0. The molecule has 0 aromatic rings. The molecule has 0 bridgehead atoms. The largest absolute Gasteiger partial charge is 0.368 e. The second-order valence-corrected chi connectivity index (χ2v) is 3.83. The summed E-state index contributed by atoms with van der Waals surface area (Å²) in [6.07, 6.45) is 6.61. The Balaban J connectivity index is 3.36. The molecule has 0 aliphatic rings. The van der Waals surface area contributed by atoms with Gasteiger partial charge in [-0.1, -0.05) is 46.0 Å². The van der Waals surface area contributed by atoms with Crippen molar-refractivity contribution in [3.8, 4) is 0 Å². The van der Waals surface area contributed by atoms with Gasteiger partial charge in [-0.05, 0) is 18.8 Å². The van der Waals surface area contributed by atoms with Crippen LogP contribution in [0.5, 0.6) is 0 Å². The fraction of sp³-hybridized carbons (Fsp3) is 1.00. The highest BCUT2D eigenvalue weighted by Crippen LogP contribution is 2.19. The lowest BCUT2D eigenvalue weighted by atomic mass is 9.93. The fourth-order valence-corrected chi connectivity index (χ4v) is 1.63. The summed E-state index contributed by atoms with van der Waals surface area (Å²) < 4.78 is 0. The molecule has 0 spiro atoms. The maximum atomic E-state index is 8.67. The molecule has 0 aromatic heterocycles. The average Bonchev–Trinajstić information content (AvgIpc) is 2.10. The van der Waals surface area contributed by atoms with Crippen LogP contribution in [0.4, 0.5) is 0 Å². The summed E-state index contributed by atoms with van der Waals surface area (Å²) in [7, 11) is 0. The Hall–Kier alpha value is -0.0800. The van der Waals surface area contributed by atoms with E-state index in [2.05, 4.69) is 13.8 Å². The van der Waals surface area contributed by atoms with Crippen LogP contribution in [0.15, 0.2) is 0 Å². The van der Waals surface area contributed by atoms with Gasteiger partial charge in [-0.2, -0.15) is 0 Å². The summed E-state index contributed by atoms with van der Waals surface area (Å²) in [6.45, 7) is 4.43. The van der Waals surface area contributed by atoms with Gasteiger partial charge in [-0.3, -0.25) is 0 Å². The van der Waals surface area contributed by atoms with Crippen molar-refractivity contribution >= 4 is 0 Å². The van der Waals surface area contributed by atoms with Gasteiger partial charge in [0.2, 0.25) is 0 Å². The topological polar surface area (TPSA) is 40.5 Å². The van der Waals surface area contributed by atoms with Crippen LogP contribution in [0, 0.1) is 5.92 Å². The highest BCUT2D eigenvalue weighted by atomic mass is 16.5. The van der Waals surface area contributed by atoms with E-state index in [-0.39, 0.29) is 0 Å². The van der Waals surface area contributed by atoms with Crippen LogP contribution >= 0.6 is 0 Å². The normalized spacial score (nSPS) is 13.6. The third kappa shape index (κ3) is 8.26. The Bertz CT molecular complexity index is 102. The molecule has 0 aliphatic carbocycles. The minimum atomic E-state index is -1.11. The van der Waals surface area contributed by atoms with Gasteiger partial charge in [-0.25, -0.2) is 0 Å². The third-order valence-corrected chi connectivity index (χ3v) is 2.62. The van der Waals surface area contributed by atoms with Crippen LogP contribution < -0.4 is 0 Å². The zero-order valence-corrected chi connectivity index (χ0v) is 9.00. The van der Waals surface area contributed by atoms with Crippen molar-refractivity contribution in [3.63, 3.8) is 0 Å². The van der Waals surface area contributed by atoms with Gasteiger partial charge < -0.3 is 10.2 Å². The van der Waals surface area contributed by atoms with E-state index in [9.17, 15) is 0 Å². The van der Waals surface area contributed by atoms with Crippen LogP contribution in [-0.4, -0.2) is 16.5 Å². The summed E-state index contributed by atoms with van der Waals surface area (Å²) in [5, 5.41) is 17.3. The highest BCUT2D eigenvalue weighted by Gasteiger charge is 2.06. The Kier molecular flexibility index (Phi) is 8.46. The lowest BCUT2D eigenvalue weighted by Crippen LogP contribution is -2.06. The number of aliphatic hydroxyl groups excluding tert-OH is 1. The molecule has 80 valence electrons. The molecule has 0 saturated heterocycles. The fourth-order valence-electron chi connectivity index (χ4n) is 1.63. The molecule has 0 amide bonds. The Morgan fingerprint density at radius 1 is 0.923 bits per heavy atom. The minimum Gasteiger partial charge on any atom is -0.368 e. The van der Waals surface area contributed by atoms with Gasteiger partial charge in [0.1, 0.15) is 0 Å². The summed E-state index contributed by atoms with van der Waals surface area (Å²) in [5.74, 6) is 0.790. The van der Waals surface area contributed by atoms with Crippen molar-refractivity contribution < 1.29 is 10.2 Å². The second-order valence-electron chi connectivity index (χ2n) is 3.83. The van der Waals surface area contributed by atoms with Crippen molar-refractivity contribution in [2.75, 3.05) is 0 Å². The number of unbranched alkanes of at least 4 members (excludes halogenated alkanes) is 1. The van der Waals surface area contributed by atoms with E-state index in [1.165, 1.54) is 25.7 Å². The van der Waals surface area contributed by atoms with E-state index >= 15 is 0 Å². The van der Waals surface area contributed by atoms with Gasteiger partial charge in [0.05, 0.1) is 0 Å². The first-order valence-electron chi connectivity index (χ1n) is 5.56. The monoisotopic (exact) mass is 188 g/mol. The highest BCUT2D eigenvalue weighted by molar-refractivity contribution is 4.58. The molecular formula is C11H24O2. The molecule has 0 saturated carbocycles. The first kappa shape index (κ1) is 12.9. The Labute approximate surface area is 82.0 Å². The van der Waals surface area contributed by atoms with Gasteiger partial charge in [0, 0.05) is 0 Å². The van der Waals surface area contributed by atoms with Gasteiger partial charge in [-0.15, -0.1) is 0 Å². The van der Waals surface area contributed by atoms with Crippen molar-refractivity contribution in [2.24, 2.45) is 5.92 Å². The molecule has 0 heterocycles. The Morgan fingerprint density at radius 3 is 2.00 bits per heavy atom. The number of aliphatic hydroxyl groups is 2. The molecule has 2 nitrogen and oxygen atoms in total. The number of rotatable bonds is 8. The van der Waals surface area contributed by atoms with Crippen LogP contribution in [0.25, 0.3) is 0 Å². The molecule has 1 atom stereocenters. The van der Waals surface area contributed by atoms with E-state index in [4.69, 9.17) is 10.2 Å². The maximum absolute atomic E-state index is 8.67. The maximum Gasteiger partial charge on any atom is 0.151 e. The minimum absolute atomic E-state index is 0.530. The van der Waals surface area contributed by atoms with Crippen molar-refractivity contribution in [3.05, 3.63) is 0 Å². The van der Waals surface area contributed by atoms with E-state index in [1.54, 1.807) is 0 Å². The SMILES string of the molecule is CCCCC(CC)CCCC(O)O. The first-order valence-corrected chi connectivity index (χ1v) is 5.56. The summed E-state index contributed by atoms with van der Waals surface area (Å²) in [4.78, 5) is 0. The second kappa shape index (κ2) is 8.52. The average molecular weight is 188 g/mol. The van der Waals surface area contributed by atoms with E-state index in [0.29, 0.717) is 6.42 Å². The zero-order valence-electron chi connectivity index (χ0n) is 9.00. The smallest absolute Gasteiger partial charge is 0.151 e. The first-order chi connectivity index (χ1) is 6.20. The molecule has 0 aliphatic heterocycles. The zero-order chi connectivity index (χ0) is 10.1. The molecular weight excluding hydrogens is 164 g/mol. The lowest BCUT2D eigenvalue weighted by molar-refractivity contribution is -0.0471. The summed E-state index contributed by atoms with van der Waals surface area (Å²) >= 11 is 0. The third-order valence-electron chi connectivity index (χ3n) is 2.62. The number of hydrogen-bond donors (Lipinski definition) is 2. The molecule has 1 unspecified atom stereocenters. The molecule has 0 rings (SSSR count). The number of hydrogen-bond acceptors (Lipinski definition) is 2. The quantitative estimate of drug-likeness (QED) is 0.575. The molecule has 2 N–H and O–H groups in total. The summed E-state index contributed by atoms with van der Waals surface area (Å²) in [6, 6.07) is 0. The van der Waals surface area contributed by atoms with E-state index in [0.717, 1.165) is 18.8 Å². The predicted molar refractivity (Wildman–Crippen MR) is 55.4 cm³/mol. The van der Waals surface area contributed by atoms with Crippen LogP contribution in [0.2, 0.25) is 0 Å².